The SMILES string of the molecule is C#CC#CC#C.C#CC#CC#CC.CC#CCN(CC#CC)C(=O)OC(C)(C)C.CC#CCNCC#CC.CC#N.CC(C)(C)OC(=O)O.CCN(CC)CC.Cc1nc(C)c2c(c1C)CCC2.Cc1nc(C)c2c(c1C)CN(C(=O)OC(C)(C)C)C2.Cl.PP(P)P. The van der Waals surface area contributed by atoms with Gasteiger partial charge in [0, 0.05) is 29.7 Å². The van der Waals surface area contributed by atoms with Crippen molar-refractivity contribution < 1.29 is 33.7 Å². The molecule has 2 aromatic rings. The van der Waals surface area contributed by atoms with Gasteiger partial charge < -0.3 is 24.2 Å². The van der Waals surface area contributed by atoms with Gasteiger partial charge in [0.15, 0.2) is 0 Å². The summed E-state index contributed by atoms with van der Waals surface area (Å²) in [6.45, 7) is 52.7. The minimum atomic E-state index is -1.22. The Morgan fingerprint density at radius 2 is 0.935 bits per heavy atom. The fraction of sp³-hybridized carbons (Fsp3) is 0.534. The Balaban J connectivity index is -0.000000182. The summed E-state index contributed by atoms with van der Waals surface area (Å²) in [5, 5.41) is 18.4. The van der Waals surface area contributed by atoms with E-state index in [2.05, 4.69) is 201 Å². The maximum Gasteiger partial charge on any atom is 0.506 e. The van der Waals surface area contributed by atoms with E-state index in [1.54, 1.807) is 58.1 Å². The first kappa shape index (κ1) is 98.7. The molecule has 0 saturated heterocycles. The van der Waals surface area contributed by atoms with Crippen LogP contribution >= 0.6 is 46.2 Å². The van der Waals surface area contributed by atoms with Gasteiger partial charge in [-0.2, -0.15) is 5.26 Å². The van der Waals surface area contributed by atoms with Crippen molar-refractivity contribution in [2.75, 3.05) is 45.8 Å². The van der Waals surface area contributed by atoms with Gasteiger partial charge in [-0.05, 0) is 265 Å². The summed E-state index contributed by atoms with van der Waals surface area (Å²) in [5.74, 6) is 43.1. The molecule has 4 rings (SSSR count). The van der Waals surface area contributed by atoms with Gasteiger partial charge >= 0.3 is 18.3 Å². The molecule has 0 radical (unpaired) electrons. The number of fused-ring (bicyclic) bond motifs is 2. The van der Waals surface area contributed by atoms with Crippen LogP contribution in [0.15, 0.2) is 0 Å². The third-order valence-electron chi connectivity index (χ3n) is 11.1. The molecule has 3 atom stereocenters. The highest BCUT2D eigenvalue weighted by Crippen LogP contribution is 2.59. The normalized spacial score (nSPS) is 9.86. The molecule has 2 aliphatic rings. The van der Waals surface area contributed by atoms with Crippen LogP contribution in [0.3, 0.4) is 0 Å². The molecule has 2 N–H and O–H groups in total. The molecule has 19 heteroatoms. The van der Waals surface area contributed by atoms with E-state index in [-0.39, 0.29) is 31.6 Å². The number of nitriles is 1. The number of carboxylic acid groups (broad SMARTS) is 1. The van der Waals surface area contributed by atoms with Gasteiger partial charge in [-0.15, -0.1) is 82.1 Å². The summed E-state index contributed by atoms with van der Waals surface area (Å²) in [6, 6.07) is 1.75. The van der Waals surface area contributed by atoms with Gasteiger partial charge in [-0.25, -0.2) is 14.4 Å². The number of carbonyl (C=O) groups is 3. The smallest absolute Gasteiger partial charge is 0.450 e. The van der Waals surface area contributed by atoms with Crippen molar-refractivity contribution in [1.29, 1.82) is 5.26 Å². The molecule has 0 spiro atoms. The monoisotopic (exact) mass is 1350 g/mol. The fourth-order valence-electron chi connectivity index (χ4n) is 6.92. The predicted octanol–water partition coefficient (Wildman–Crippen LogP) is 15.2. The molecule has 0 saturated carbocycles. The van der Waals surface area contributed by atoms with Crippen molar-refractivity contribution in [2.24, 2.45) is 0 Å². The van der Waals surface area contributed by atoms with E-state index in [0.717, 1.165) is 24.5 Å². The van der Waals surface area contributed by atoms with Crippen LogP contribution < -0.4 is 5.32 Å². The molecule has 14 nitrogen and oxygen atoms in total. The molecule has 0 aromatic carbocycles. The summed E-state index contributed by atoms with van der Waals surface area (Å²) >= 11 is 0. The Hall–Kier alpha value is -6.87. The zero-order valence-corrected chi connectivity index (χ0v) is 65.1. The van der Waals surface area contributed by atoms with Gasteiger partial charge in [0.2, 0.25) is 0 Å². The number of ether oxygens (including phenoxy) is 3. The Bertz CT molecular complexity index is 3090. The van der Waals surface area contributed by atoms with E-state index in [0.29, 0.717) is 26.2 Å². The highest BCUT2D eigenvalue weighted by molar-refractivity contribution is 8.65. The van der Waals surface area contributed by atoms with Crippen molar-refractivity contribution in [2.45, 2.75) is 215 Å². The van der Waals surface area contributed by atoms with Gasteiger partial charge in [0.1, 0.15) is 16.8 Å². The first-order chi connectivity index (χ1) is 42.4. The minimum absolute atomic E-state index is 0. The molecule has 2 aromatic heterocycles. The number of pyridine rings is 2. The van der Waals surface area contributed by atoms with Crippen molar-refractivity contribution >= 4 is 64.5 Å². The average Bonchev–Trinajstić information content (AvgIpc) is 1.63. The second-order valence-corrected chi connectivity index (χ2v) is 33.3. The van der Waals surface area contributed by atoms with Crippen LogP contribution in [0.4, 0.5) is 14.4 Å². The number of nitrogens with one attached hydrogen (secondary N) is 1. The van der Waals surface area contributed by atoms with Crippen LogP contribution in [-0.4, -0.2) is 111 Å². The van der Waals surface area contributed by atoms with E-state index < -0.39 is 23.0 Å². The molecule has 92 heavy (non-hydrogen) atoms. The van der Waals surface area contributed by atoms with E-state index in [1.165, 1.54) is 89.9 Å². The third kappa shape index (κ3) is 59.4. The molecular formula is C73H108ClN7O7P4. The topological polar surface area (TPSA) is 170 Å². The number of aromatic nitrogens is 2. The summed E-state index contributed by atoms with van der Waals surface area (Å²) < 4.78 is 15.0. The van der Waals surface area contributed by atoms with Crippen LogP contribution in [0.1, 0.15) is 187 Å². The molecule has 3 heterocycles. The predicted molar refractivity (Wildman–Crippen MR) is 401 cm³/mol. The van der Waals surface area contributed by atoms with Crippen LogP contribution in [0, 0.1) is 173 Å². The highest BCUT2D eigenvalue weighted by atomic mass is 35.5. The maximum atomic E-state index is 12.1. The summed E-state index contributed by atoms with van der Waals surface area (Å²) in [5.41, 5.74) is 11.1. The standard InChI is InChI=1S/C15H22N2O2.C13H19NO2.C11H15N.C8H11N.C7H4.C6H15N.C6H2.C5H10O3.C2H3N.ClH.H6P4/c1-9-10(2)16-11(3)13-8-17(7-12(9)13)14(18)19-15(4,5)6;1-6-8-10-14(11-9-7-2)12(15)16-13(3,4)5;1-7-8(2)12-9(3)11-6-4-5-10(7)11;1-3-5-7-9-8-6-4-2;1-3-5-7-6-4-2;1-4-7(5-2)6-3;1-3-5-6-4-2;1-5(2,3)8-4(6)7;1-2-3;;1-4(2)3/h7-8H2,1-6H3;10-11H2,1-5H3;4-6H2,1-3H3;9H,7-8H2,1-2H3;1H,2H3;4-6H2,1-3H3;1-2H;1-3H3,(H,6,7);1H3;1H;1-3H2. The second-order valence-electron chi connectivity index (χ2n) is 21.6. The van der Waals surface area contributed by atoms with E-state index >= 15 is 0 Å². The Morgan fingerprint density at radius 1 is 0.576 bits per heavy atom. The average molecular weight is 1360 g/mol. The van der Waals surface area contributed by atoms with E-state index in [1.807, 2.05) is 69.2 Å². The van der Waals surface area contributed by atoms with Crippen LogP contribution in [0.5, 0.6) is 0 Å². The maximum absolute atomic E-state index is 12.1. The lowest BCUT2D eigenvalue weighted by Gasteiger charge is -2.24. The fourth-order valence-corrected chi connectivity index (χ4v) is 6.92. The Labute approximate surface area is 573 Å². The minimum Gasteiger partial charge on any atom is -0.450 e. The molecule has 0 fully saturated rings. The summed E-state index contributed by atoms with van der Waals surface area (Å²) in [4.78, 5) is 48.3. The van der Waals surface area contributed by atoms with Crippen molar-refractivity contribution in [3.05, 3.63) is 56.2 Å². The summed E-state index contributed by atoms with van der Waals surface area (Å²) in [6.07, 6.45) is 16.2. The van der Waals surface area contributed by atoms with Gasteiger partial charge in [0.25, 0.3) is 0 Å². The number of terminal acetylenes is 3. The van der Waals surface area contributed by atoms with Gasteiger partial charge in [-0.3, -0.25) is 25.1 Å². The first-order valence-corrected chi connectivity index (χ1v) is 35.6. The lowest BCUT2D eigenvalue weighted by molar-refractivity contribution is 0.0147. The van der Waals surface area contributed by atoms with Crippen molar-refractivity contribution in [1.82, 2.24) is 30.0 Å². The number of hydrogen-bond acceptors (Lipinski definition) is 11. The number of rotatable bonds is 7. The lowest BCUT2D eigenvalue weighted by atomic mass is 10.0. The molecular weight excluding hydrogens is 1250 g/mol. The van der Waals surface area contributed by atoms with Gasteiger partial charge in [0.05, 0.1) is 45.3 Å². The third-order valence-corrected chi connectivity index (χ3v) is 11.1. The lowest BCUT2D eigenvalue weighted by Crippen LogP contribution is -2.37. The molecule has 2 amide bonds. The molecule has 0 bridgehead atoms. The highest BCUT2D eigenvalue weighted by Gasteiger charge is 2.30. The quantitative estimate of drug-likeness (QED) is 0.0885. The number of nitrogens with zero attached hydrogens (tertiary/aromatic N) is 6. The number of amides is 2. The van der Waals surface area contributed by atoms with Crippen LogP contribution in [0.2, 0.25) is 0 Å². The molecule has 504 valence electrons. The zero-order chi connectivity index (χ0) is 71.8. The number of halogens is 1. The van der Waals surface area contributed by atoms with E-state index in [9.17, 15) is 14.4 Å². The number of aryl methyl sites for hydroxylation is 4. The largest absolute Gasteiger partial charge is 0.506 e. The summed E-state index contributed by atoms with van der Waals surface area (Å²) in [7, 11) is 7.94. The Kier molecular flexibility index (Phi) is 64.8. The Morgan fingerprint density at radius 3 is 1.26 bits per heavy atom. The van der Waals surface area contributed by atoms with Crippen molar-refractivity contribution in [3.63, 3.8) is 0 Å². The van der Waals surface area contributed by atoms with Crippen molar-refractivity contribution in [3.8, 4) is 126 Å². The van der Waals surface area contributed by atoms with E-state index in [4.69, 9.17) is 39.1 Å². The van der Waals surface area contributed by atoms with Gasteiger partial charge in [-0.1, -0.05) is 50.4 Å². The number of hydrogen-bond donors (Lipinski definition) is 2. The first-order valence-electron chi connectivity index (χ1n) is 29.4. The molecule has 1 aliphatic carbocycles. The molecule has 3 unspecified atom stereocenters. The second kappa shape index (κ2) is 60.4. The van der Waals surface area contributed by atoms with Crippen LogP contribution in [0.25, 0.3) is 0 Å². The van der Waals surface area contributed by atoms with Crippen LogP contribution in [-0.2, 0) is 40.1 Å². The molecule has 1 aliphatic heterocycles. The zero-order valence-electron chi connectivity index (χ0n) is 59.9. The number of carbonyl (C=O) groups excluding carboxylic acids is 2.